The van der Waals surface area contributed by atoms with Crippen LogP contribution >= 0.6 is 7.82 Å². The summed E-state index contributed by atoms with van der Waals surface area (Å²) in [7, 11) is -3.82. The maximum Gasteiger partial charge on any atom is 0.475 e. The van der Waals surface area contributed by atoms with Crippen molar-refractivity contribution in [2.45, 2.75) is 86.4 Å². The lowest BCUT2D eigenvalue weighted by atomic mass is 9.83. The molecule has 0 aliphatic carbocycles. The summed E-state index contributed by atoms with van der Waals surface area (Å²) in [6.45, 7) is 16.9. The molecule has 0 aliphatic rings. The summed E-state index contributed by atoms with van der Waals surface area (Å²) in [6.07, 6.45) is 1.55. The standard InChI is InChI=1S/C25H43O6P/c1-19(2)17-22(20(3)18-21-13-11-10-12-14-21)23(26)28-15-16-29-32(27,30-24(4,5)6)31-25(7,8)9/h10-14,19-20,22H,15-18H2,1-9H3. The highest BCUT2D eigenvalue weighted by Crippen LogP contribution is 2.55. The third kappa shape index (κ3) is 12.2. The Bertz CT molecular complexity index is 713. The molecule has 0 amide bonds. The maximum atomic E-state index is 13.1. The topological polar surface area (TPSA) is 71.1 Å². The van der Waals surface area contributed by atoms with Gasteiger partial charge in [-0.1, -0.05) is 51.1 Å². The number of ether oxygens (including phenoxy) is 1. The van der Waals surface area contributed by atoms with Gasteiger partial charge < -0.3 is 4.74 Å². The summed E-state index contributed by atoms with van der Waals surface area (Å²) >= 11 is 0. The lowest BCUT2D eigenvalue weighted by Crippen LogP contribution is -2.28. The summed E-state index contributed by atoms with van der Waals surface area (Å²) in [5, 5.41) is 0. The summed E-state index contributed by atoms with van der Waals surface area (Å²) in [5.74, 6) is 0.0167. The normalized spacial score (nSPS) is 14.9. The largest absolute Gasteiger partial charge is 0.475 e. The molecule has 0 saturated carbocycles. The smallest absolute Gasteiger partial charge is 0.463 e. The van der Waals surface area contributed by atoms with Crippen LogP contribution in [0.3, 0.4) is 0 Å². The van der Waals surface area contributed by atoms with Crippen LogP contribution in [0.25, 0.3) is 0 Å². The van der Waals surface area contributed by atoms with E-state index in [1.54, 1.807) is 41.5 Å². The molecule has 7 heteroatoms. The fourth-order valence-corrected chi connectivity index (χ4v) is 5.12. The average molecular weight is 471 g/mol. The average Bonchev–Trinajstić information content (AvgIpc) is 2.60. The van der Waals surface area contributed by atoms with E-state index < -0.39 is 19.0 Å². The van der Waals surface area contributed by atoms with Gasteiger partial charge in [-0.25, -0.2) is 4.57 Å². The quantitative estimate of drug-likeness (QED) is 0.189. The van der Waals surface area contributed by atoms with Crippen molar-refractivity contribution in [3.05, 3.63) is 35.9 Å². The number of hydrogen-bond acceptors (Lipinski definition) is 6. The maximum absolute atomic E-state index is 13.1. The Kier molecular flexibility index (Phi) is 11.1. The van der Waals surface area contributed by atoms with E-state index in [0.29, 0.717) is 5.92 Å². The third-order valence-electron chi connectivity index (χ3n) is 4.46. The molecule has 2 atom stereocenters. The zero-order valence-corrected chi connectivity index (χ0v) is 22.2. The Balaban J connectivity index is 2.71. The van der Waals surface area contributed by atoms with E-state index in [0.717, 1.165) is 12.8 Å². The lowest BCUT2D eigenvalue weighted by Gasteiger charge is -2.31. The van der Waals surface area contributed by atoms with Gasteiger partial charge in [-0.05, 0) is 71.8 Å². The highest BCUT2D eigenvalue weighted by molar-refractivity contribution is 7.48. The predicted octanol–water partition coefficient (Wildman–Crippen LogP) is 6.83. The van der Waals surface area contributed by atoms with Crippen LogP contribution in [0.15, 0.2) is 30.3 Å². The van der Waals surface area contributed by atoms with Crippen LogP contribution in [0.5, 0.6) is 0 Å². The first-order chi connectivity index (χ1) is 14.6. The molecule has 0 fully saturated rings. The molecular weight excluding hydrogens is 427 g/mol. The molecule has 6 nitrogen and oxygen atoms in total. The molecule has 1 aromatic carbocycles. The summed E-state index contributed by atoms with van der Waals surface area (Å²) < 4.78 is 35.2. The van der Waals surface area contributed by atoms with Gasteiger partial charge in [0.25, 0.3) is 0 Å². The molecule has 0 aliphatic heterocycles. The van der Waals surface area contributed by atoms with Crippen molar-refractivity contribution >= 4 is 13.8 Å². The molecule has 32 heavy (non-hydrogen) atoms. The summed E-state index contributed by atoms with van der Waals surface area (Å²) in [6, 6.07) is 10.1. The minimum absolute atomic E-state index is 0.0174. The minimum Gasteiger partial charge on any atom is -0.463 e. The van der Waals surface area contributed by atoms with Gasteiger partial charge in [-0.15, -0.1) is 0 Å². The molecule has 0 radical (unpaired) electrons. The van der Waals surface area contributed by atoms with E-state index in [2.05, 4.69) is 32.9 Å². The van der Waals surface area contributed by atoms with Gasteiger partial charge in [-0.2, -0.15) is 0 Å². The van der Waals surface area contributed by atoms with Crippen molar-refractivity contribution in [3.63, 3.8) is 0 Å². The minimum atomic E-state index is -3.82. The van der Waals surface area contributed by atoms with Crippen LogP contribution in [0.4, 0.5) is 0 Å². The van der Waals surface area contributed by atoms with Gasteiger partial charge in [0.1, 0.15) is 6.61 Å². The SMILES string of the molecule is CC(C)CC(C(=O)OCCOP(=O)(OC(C)(C)C)OC(C)(C)C)C(C)Cc1ccccc1. The summed E-state index contributed by atoms with van der Waals surface area (Å²) in [4.78, 5) is 12.9. The zero-order chi connectivity index (χ0) is 24.6. The van der Waals surface area contributed by atoms with Crippen LogP contribution in [-0.2, 0) is 34.1 Å². The van der Waals surface area contributed by atoms with E-state index in [4.69, 9.17) is 18.3 Å². The molecule has 0 bridgehead atoms. The van der Waals surface area contributed by atoms with Crippen molar-refractivity contribution in [2.24, 2.45) is 17.8 Å². The zero-order valence-electron chi connectivity index (χ0n) is 21.3. The Labute approximate surface area is 195 Å². The molecule has 0 heterocycles. The van der Waals surface area contributed by atoms with E-state index in [1.165, 1.54) is 5.56 Å². The van der Waals surface area contributed by atoms with Crippen LogP contribution in [0.1, 0.15) is 74.3 Å². The molecular formula is C25H43O6P. The number of carbonyl (C=O) groups is 1. The number of phosphoric ester groups is 1. The molecule has 1 aromatic rings. The summed E-state index contributed by atoms with van der Waals surface area (Å²) in [5.41, 5.74) is -0.233. The van der Waals surface area contributed by atoms with E-state index >= 15 is 0 Å². The van der Waals surface area contributed by atoms with Gasteiger partial charge in [-0.3, -0.25) is 18.4 Å². The highest BCUT2D eigenvalue weighted by atomic mass is 31.2. The van der Waals surface area contributed by atoms with Crippen LogP contribution < -0.4 is 0 Å². The van der Waals surface area contributed by atoms with Gasteiger partial charge >= 0.3 is 13.8 Å². The molecule has 0 spiro atoms. The highest BCUT2D eigenvalue weighted by Gasteiger charge is 2.37. The van der Waals surface area contributed by atoms with Crippen molar-refractivity contribution < 1.29 is 27.7 Å². The number of carbonyl (C=O) groups excluding carboxylic acids is 1. The van der Waals surface area contributed by atoms with E-state index in [-0.39, 0.29) is 31.0 Å². The Morgan fingerprint density at radius 1 is 0.906 bits per heavy atom. The number of esters is 1. The first-order valence-electron chi connectivity index (χ1n) is 11.5. The van der Waals surface area contributed by atoms with Crippen molar-refractivity contribution in [1.82, 2.24) is 0 Å². The van der Waals surface area contributed by atoms with E-state index in [9.17, 15) is 9.36 Å². The van der Waals surface area contributed by atoms with Crippen molar-refractivity contribution in [3.8, 4) is 0 Å². The van der Waals surface area contributed by atoms with Gasteiger partial charge in [0.05, 0.1) is 23.7 Å². The second-order valence-electron chi connectivity index (χ2n) is 10.8. The van der Waals surface area contributed by atoms with Gasteiger partial charge in [0, 0.05) is 0 Å². The predicted molar refractivity (Wildman–Crippen MR) is 128 cm³/mol. The lowest BCUT2D eigenvalue weighted by molar-refractivity contribution is -0.152. The molecule has 0 saturated heterocycles. The Morgan fingerprint density at radius 2 is 1.44 bits per heavy atom. The van der Waals surface area contributed by atoms with Crippen molar-refractivity contribution in [2.75, 3.05) is 13.2 Å². The fourth-order valence-electron chi connectivity index (χ4n) is 3.34. The third-order valence-corrected chi connectivity index (χ3v) is 6.51. The van der Waals surface area contributed by atoms with Gasteiger partial charge in [0.2, 0.25) is 0 Å². The molecule has 0 aromatic heterocycles. The number of rotatable bonds is 12. The molecule has 0 N–H and O–H groups in total. The number of hydrogen-bond donors (Lipinski definition) is 0. The molecule has 2 unspecified atom stereocenters. The van der Waals surface area contributed by atoms with Crippen LogP contribution in [0.2, 0.25) is 0 Å². The molecule has 1 rings (SSSR count). The Hall–Kier alpha value is -1.20. The number of phosphoric acid groups is 1. The monoisotopic (exact) mass is 470 g/mol. The second kappa shape index (κ2) is 12.3. The number of benzene rings is 1. The van der Waals surface area contributed by atoms with Crippen LogP contribution in [-0.4, -0.2) is 30.4 Å². The van der Waals surface area contributed by atoms with E-state index in [1.807, 2.05) is 18.2 Å². The first-order valence-corrected chi connectivity index (χ1v) is 12.9. The Morgan fingerprint density at radius 3 is 1.91 bits per heavy atom. The second-order valence-corrected chi connectivity index (χ2v) is 12.3. The molecule has 184 valence electrons. The van der Waals surface area contributed by atoms with Gasteiger partial charge in [0.15, 0.2) is 0 Å². The van der Waals surface area contributed by atoms with Crippen molar-refractivity contribution in [1.29, 1.82) is 0 Å². The fraction of sp³-hybridized carbons (Fsp3) is 0.720. The van der Waals surface area contributed by atoms with Crippen LogP contribution in [0, 0.1) is 17.8 Å². The first kappa shape index (κ1) is 28.8.